The van der Waals surface area contributed by atoms with E-state index in [0.717, 1.165) is 11.4 Å². The van der Waals surface area contributed by atoms with Gasteiger partial charge in [-0.2, -0.15) is 0 Å². The number of hydrogen-bond donors (Lipinski definition) is 0. The lowest BCUT2D eigenvalue weighted by atomic mass is 9.70. The second kappa shape index (κ2) is 11.9. The molecule has 0 heterocycles. The summed E-state index contributed by atoms with van der Waals surface area (Å²) in [5.74, 6) is 0. The van der Waals surface area contributed by atoms with Crippen LogP contribution in [0.15, 0.2) is 212 Å². The Morgan fingerprint density at radius 2 is 0.732 bits per heavy atom. The third kappa shape index (κ3) is 4.20. The van der Waals surface area contributed by atoms with Crippen molar-refractivity contribution in [3.8, 4) is 33.4 Å². The van der Waals surface area contributed by atoms with Gasteiger partial charge in [0.25, 0.3) is 0 Å². The molecule has 1 heteroatoms. The molecular formula is C55H35N. The smallest absolute Gasteiger partial charge is 0.0746 e. The van der Waals surface area contributed by atoms with E-state index in [-0.39, 0.29) is 0 Å². The van der Waals surface area contributed by atoms with Crippen LogP contribution < -0.4 is 4.90 Å². The predicted octanol–water partition coefficient (Wildman–Crippen LogP) is 14.6. The number of rotatable bonds is 4. The Balaban J connectivity index is 1.20. The van der Waals surface area contributed by atoms with Gasteiger partial charge in [-0.1, -0.05) is 182 Å². The first-order valence-electron chi connectivity index (χ1n) is 19.5. The molecule has 10 aromatic carbocycles. The number of anilines is 3. The van der Waals surface area contributed by atoms with Crippen molar-refractivity contribution in [1.82, 2.24) is 0 Å². The van der Waals surface area contributed by atoms with E-state index >= 15 is 0 Å². The fourth-order valence-electron chi connectivity index (χ4n) is 10.2. The summed E-state index contributed by atoms with van der Waals surface area (Å²) in [6.07, 6.45) is 0. The molecule has 0 fully saturated rings. The van der Waals surface area contributed by atoms with Crippen LogP contribution in [0.3, 0.4) is 0 Å². The second-order valence-electron chi connectivity index (χ2n) is 15.2. The number of hydrogen-bond acceptors (Lipinski definition) is 1. The van der Waals surface area contributed by atoms with Crippen molar-refractivity contribution < 1.29 is 0 Å². The van der Waals surface area contributed by atoms with Crippen molar-refractivity contribution in [3.05, 3.63) is 235 Å². The van der Waals surface area contributed by atoms with Crippen molar-refractivity contribution >= 4 is 49.4 Å². The van der Waals surface area contributed by atoms with Gasteiger partial charge in [-0.3, -0.25) is 0 Å². The van der Waals surface area contributed by atoms with Crippen LogP contribution in [-0.2, 0) is 5.41 Å². The summed E-state index contributed by atoms with van der Waals surface area (Å²) in [5.41, 5.74) is 15.9. The van der Waals surface area contributed by atoms with E-state index in [9.17, 15) is 0 Å². The van der Waals surface area contributed by atoms with Gasteiger partial charge in [0.1, 0.15) is 0 Å². The third-order valence-corrected chi connectivity index (χ3v) is 12.4. The maximum Gasteiger partial charge on any atom is 0.0746 e. The Labute approximate surface area is 326 Å². The largest absolute Gasteiger partial charge is 0.310 e. The topological polar surface area (TPSA) is 3.24 Å². The van der Waals surface area contributed by atoms with E-state index in [4.69, 9.17) is 0 Å². The molecule has 2 aliphatic rings. The van der Waals surface area contributed by atoms with E-state index in [1.807, 2.05) is 0 Å². The normalized spacial score (nSPS) is 13.1. The number of nitrogens with zero attached hydrogens (tertiary/aromatic N) is 1. The average Bonchev–Trinajstić information content (AvgIpc) is 3.75. The lowest BCUT2D eigenvalue weighted by Gasteiger charge is -2.36. The zero-order valence-corrected chi connectivity index (χ0v) is 30.7. The molecule has 1 nitrogen and oxygen atoms in total. The van der Waals surface area contributed by atoms with Gasteiger partial charge >= 0.3 is 0 Å². The van der Waals surface area contributed by atoms with Gasteiger partial charge in [0, 0.05) is 16.9 Å². The molecule has 0 aliphatic heterocycles. The van der Waals surface area contributed by atoms with Crippen molar-refractivity contribution in [3.63, 3.8) is 0 Å². The van der Waals surface area contributed by atoms with E-state index in [1.165, 1.54) is 93.6 Å². The van der Waals surface area contributed by atoms with E-state index in [2.05, 4.69) is 217 Å². The monoisotopic (exact) mass is 709 g/mol. The van der Waals surface area contributed by atoms with Gasteiger partial charge in [-0.25, -0.2) is 0 Å². The second-order valence-corrected chi connectivity index (χ2v) is 15.2. The van der Waals surface area contributed by atoms with Gasteiger partial charge in [0.15, 0.2) is 0 Å². The maximum absolute atomic E-state index is 2.53. The molecule has 2 aliphatic carbocycles. The lowest BCUT2D eigenvalue weighted by Crippen LogP contribution is -2.28. The molecule has 0 N–H and O–H groups in total. The van der Waals surface area contributed by atoms with E-state index in [0.29, 0.717) is 0 Å². The molecular weight excluding hydrogens is 675 g/mol. The third-order valence-electron chi connectivity index (χ3n) is 12.4. The molecule has 0 bridgehead atoms. The van der Waals surface area contributed by atoms with Crippen molar-refractivity contribution in [2.75, 3.05) is 4.90 Å². The number of benzene rings is 10. The summed E-state index contributed by atoms with van der Waals surface area (Å²) in [4.78, 5) is 2.53. The Morgan fingerprint density at radius 1 is 0.286 bits per heavy atom. The minimum absolute atomic E-state index is 0.495. The minimum Gasteiger partial charge on any atom is -0.310 e. The first-order valence-corrected chi connectivity index (χ1v) is 19.5. The van der Waals surface area contributed by atoms with Gasteiger partial charge in [0.2, 0.25) is 0 Å². The van der Waals surface area contributed by atoms with Crippen LogP contribution in [0, 0.1) is 0 Å². The molecule has 0 radical (unpaired) electrons. The summed E-state index contributed by atoms with van der Waals surface area (Å²) in [6, 6.07) is 78.9. The molecule has 56 heavy (non-hydrogen) atoms. The van der Waals surface area contributed by atoms with Crippen LogP contribution in [0.1, 0.15) is 22.3 Å². The van der Waals surface area contributed by atoms with E-state index < -0.39 is 5.41 Å². The highest BCUT2D eigenvalue weighted by Crippen LogP contribution is 2.65. The summed E-state index contributed by atoms with van der Waals surface area (Å²) in [5, 5.41) is 7.63. The molecule has 0 saturated heterocycles. The first-order chi connectivity index (χ1) is 27.8. The minimum atomic E-state index is -0.495. The van der Waals surface area contributed by atoms with Gasteiger partial charge in [0.05, 0.1) is 11.1 Å². The van der Waals surface area contributed by atoms with Crippen LogP contribution in [0.2, 0.25) is 0 Å². The molecule has 0 aromatic heterocycles. The van der Waals surface area contributed by atoms with Crippen LogP contribution in [0.4, 0.5) is 17.1 Å². The maximum atomic E-state index is 2.53. The number of fused-ring (bicyclic) bond motifs is 16. The fourth-order valence-corrected chi connectivity index (χ4v) is 10.2. The molecule has 0 atom stereocenters. The zero-order chi connectivity index (χ0) is 36.8. The standard InChI is InChI=1S/C55H35N/c1-2-16-36(17-3-1)37-18-14-19-38(34-37)56(39-32-33-44-42-22-5-4-20-40(42)41-21-6-7-23-43(41)49(44)35-39)53-31-15-27-48-47-26-10-13-30-52(47)55(54(48)53)50-28-11-8-24-45(50)46-25-9-12-29-51(46)55/h1-35H. The van der Waals surface area contributed by atoms with Gasteiger partial charge in [-0.15, -0.1) is 0 Å². The van der Waals surface area contributed by atoms with Gasteiger partial charge < -0.3 is 4.90 Å². The highest BCUT2D eigenvalue weighted by molar-refractivity contribution is 6.25. The van der Waals surface area contributed by atoms with Crippen LogP contribution in [0.25, 0.3) is 65.7 Å². The van der Waals surface area contributed by atoms with Crippen LogP contribution in [-0.4, -0.2) is 0 Å². The fraction of sp³-hybridized carbons (Fsp3) is 0.0182. The summed E-state index contributed by atoms with van der Waals surface area (Å²) in [6.45, 7) is 0. The van der Waals surface area contributed by atoms with Crippen LogP contribution in [0.5, 0.6) is 0 Å². The molecule has 1 spiro atoms. The summed E-state index contributed by atoms with van der Waals surface area (Å²) < 4.78 is 0. The van der Waals surface area contributed by atoms with Crippen molar-refractivity contribution in [1.29, 1.82) is 0 Å². The Kier molecular flexibility index (Phi) is 6.62. The molecule has 10 aromatic rings. The molecule has 0 amide bonds. The highest BCUT2D eigenvalue weighted by Gasteiger charge is 2.53. The zero-order valence-electron chi connectivity index (χ0n) is 30.7. The van der Waals surface area contributed by atoms with Gasteiger partial charge in [-0.05, 0) is 113 Å². The lowest BCUT2D eigenvalue weighted by molar-refractivity contribution is 0.793. The molecule has 12 rings (SSSR count). The average molecular weight is 710 g/mol. The molecule has 0 saturated carbocycles. The SMILES string of the molecule is c1ccc(-c2cccc(N(c3ccc4c5ccccc5c5ccccc5c4c3)c3cccc4c3C3(c5ccccc5-c5ccccc53)c3ccccc3-4)c2)cc1. The van der Waals surface area contributed by atoms with Crippen molar-refractivity contribution in [2.45, 2.75) is 5.41 Å². The molecule has 260 valence electrons. The summed E-state index contributed by atoms with van der Waals surface area (Å²) >= 11 is 0. The Morgan fingerprint density at radius 3 is 1.36 bits per heavy atom. The Hall–Kier alpha value is -7.22. The van der Waals surface area contributed by atoms with Crippen molar-refractivity contribution in [2.24, 2.45) is 0 Å². The predicted molar refractivity (Wildman–Crippen MR) is 235 cm³/mol. The molecule has 0 unspecified atom stereocenters. The van der Waals surface area contributed by atoms with Crippen LogP contribution >= 0.6 is 0 Å². The highest BCUT2D eigenvalue weighted by atomic mass is 15.1. The van der Waals surface area contributed by atoms with E-state index in [1.54, 1.807) is 0 Å². The first kappa shape index (κ1) is 31.2. The summed E-state index contributed by atoms with van der Waals surface area (Å²) in [7, 11) is 0. The quantitative estimate of drug-likeness (QED) is 0.164. The Bertz CT molecular complexity index is 3110.